The van der Waals surface area contributed by atoms with Crippen LogP contribution in [0.1, 0.15) is 5.56 Å². The molecular weight excluding hydrogens is 334 g/mol. The van der Waals surface area contributed by atoms with Crippen LogP contribution in [0.2, 0.25) is 0 Å². The van der Waals surface area contributed by atoms with E-state index in [0.29, 0.717) is 34.2 Å². The second kappa shape index (κ2) is 5.38. The minimum atomic E-state index is 0.452. The number of hydrogen-bond donors (Lipinski definition) is 3. The summed E-state index contributed by atoms with van der Waals surface area (Å²) in [6, 6.07) is 7.56. The smallest absolute Gasteiger partial charge is 0.226 e. The summed E-state index contributed by atoms with van der Waals surface area (Å²) in [6.45, 7) is 0. The third-order valence-corrected chi connectivity index (χ3v) is 3.36. The molecule has 0 unspecified atom stereocenters. The van der Waals surface area contributed by atoms with E-state index < -0.39 is 0 Å². The molecule has 0 atom stereocenters. The fourth-order valence-corrected chi connectivity index (χ4v) is 2.24. The minimum absolute atomic E-state index is 0.452. The second-order valence-electron chi connectivity index (χ2n) is 4.17. The first-order valence-electron chi connectivity index (χ1n) is 6.07. The van der Waals surface area contributed by atoms with Gasteiger partial charge in [-0.25, -0.2) is 4.98 Å². The average Bonchev–Trinajstić information content (AvgIpc) is 2.97. The lowest BCUT2D eigenvalue weighted by Gasteiger charge is -2.09. The third-order valence-electron chi connectivity index (χ3n) is 2.86. The molecule has 2 aromatic heterocycles. The maximum atomic E-state index is 9.22. The van der Waals surface area contributed by atoms with E-state index in [2.05, 4.69) is 52.6 Å². The Morgan fingerprint density at radius 3 is 2.95 bits per heavy atom. The molecule has 0 amide bonds. The van der Waals surface area contributed by atoms with Gasteiger partial charge in [0.2, 0.25) is 5.95 Å². The van der Waals surface area contributed by atoms with Crippen molar-refractivity contribution in [2.75, 3.05) is 17.7 Å². The third kappa shape index (κ3) is 2.51. The Hall–Kier alpha value is -2.66. The summed E-state index contributed by atoms with van der Waals surface area (Å²) < 4.78 is 0.842. The molecule has 0 fully saturated rings. The molecule has 0 saturated carbocycles. The van der Waals surface area contributed by atoms with Crippen molar-refractivity contribution in [2.24, 2.45) is 0 Å². The zero-order valence-corrected chi connectivity index (χ0v) is 12.6. The SMILES string of the molecule is CNc1nc(Nc2ccc(Br)cc2C#N)c2[nH]cnc2n1. The quantitative estimate of drug-likeness (QED) is 0.675. The molecule has 7 nitrogen and oxygen atoms in total. The van der Waals surface area contributed by atoms with Crippen molar-refractivity contribution in [1.29, 1.82) is 5.26 Å². The first-order chi connectivity index (χ1) is 10.2. The van der Waals surface area contributed by atoms with Gasteiger partial charge in [0.15, 0.2) is 11.5 Å². The van der Waals surface area contributed by atoms with Crippen LogP contribution in [0.3, 0.4) is 0 Å². The maximum absolute atomic E-state index is 9.22. The molecule has 0 saturated heterocycles. The summed E-state index contributed by atoms with van der Waals surface area (Å²) in [5.41, 5.74) is 2.41. The van der Waals surface area contributed by atoms with E-state index in [1.807, 2.05) is 12.1 Å². The van der Waals surface area contributed by atoms with Gasteiger partial charge in [-0.15, -0.1) is 0 Å². The fourth-order valence-electron chi connectivity index (χ4n) is 1.88. The minimum Gasteiger partial charge on any atom is -0.357 e. The van der Waals surface area contributed by atoms with Crippen LogP contribution in [-0.2, 0) is 0 Å². The van der Waals surface area contributed by atoms with Crippen molar-refractivity contribution in [3.63, 3.8) is 0 Å². The van der Waals surface area contributed by atoms with Crippen LogP contribution in [0, 0.1) is 11.3 Å². The number of anilines is 3. The van der Waals surface area contributed by atoms with Crippen LogP contribution in [0.5, 0.6) is 0 Å². The number of nitrogens with zero attached hydrogens (tertiary/aromatic N) is 4. The Bertz CT molecular complexity index is 849. The number of fused-ring (bicyclic) bond motifs is 1. The van der Waals surface area contributed by atoms with Crippen LogP contribution in [0.15, 0.2) is 29.0 Å². The van der Waals surface area contributed by atoms with Crippen molar-refractivity contribution in [1.82, 2.24) is 19.9 Å². The lowest BCUT2D eigenvalue weighted by atomic mass is 10.2. The molecule has 21 heavy (non-hydrogen) atoms. The standard InChI is InChI=1S/C13H10BrN7/c1-16-13-20-11-10(17-6-18-11)12(21-13)19-9-3-2-8(14)4-7(9)5-15/h2-4,6H,1H3,(H3,16,17,18,19,20,21). The molecule has 1 aromatic carbocycles. The van der Waals surface area contributed by atoms with Gasteiger partial charge in [0, 0.05) is 11.5 Å². The Balaban J connectivity index is 2.10. The van der Waals surface area contributed by atoms with Gasteiger partial charge in [0.1, 0.15) is 11.6 Å². The summed E-state index contributed by atoms with van der Waals surface area (Å²) in [5.74, 6) is 1.01. The van der Waals surface area contributed by atoms with Crippen molar-refractivity contribution < 1.29 is 0 Å². The van der Waals surface area contributed by atoms with E-state index in [9.17, 15) is 5.26 Å². The predicted octanol–water partition coefficient (Wildman–Crippen LogP) is 2.77. The van der Waals surface area contributed by atoms with Gasteiger partial charge < -0.3 is 15.6 Å². The number of rotatable bonds is 3. The molecule has 0 bridgehead atoms. The van der Waals surface area contributed by atoms with Crippen LogP contribution in [0.25, 0.3) is 11.2 Å². The largest absolute Gasteiger partial charge is 0.357 e. The highest BCUT2D eigenvalue weighted by Gasteiger charge is 2.11. The Labute approximate surface area is 128 Å². The highest BCUT2D eigenvalue weighted by atomic mass is 79.9. The Morgan fingerprint density at radius 2 is 2.19 bits per heavy atom. The number of aromatic nitrogens is 4. The predicted molar refractivity (Wildman–Crippen MR) is 83.4 cm³/mol. The first-order valence-corrected chi connectivity index (χ1v) is 6.86. The zero-order chi connectivity index (χ0) is 14.8. The van der Waals surface area contributed by atoms with Crippen LogP contribution < -0.4 is 10.6 Å². The number of H-pyrrole nitrogens is 1. The number of hydrogen-bond acceptors (Lipinski definition) is 6. The first kappa shape index (κ1) is 13.3. The van der Waals surface area contributed by atoms with Crippen molar-refractivity contribution >= 4 is 44.5 Å². The molecule has 0 spiro atoms. The number of nitriles is 1. The molecule has 3 N–H and O–H groups in total. The molecule has 0 aliphatic rings. The summed E-state index contributed by atoms with van der Waals surface area (Å²) in [6.07, 6.45) is 1.55. The molecule has 2 heterocycles. The normalized spacial score (nSPS) is 10.3. The lowest BCUT2D eigenvalue weighted by molar-refractivity contribution is 1.18. The molecule has 0 aliphatic carbocycles. The Morgan fingerprint density at radius 1 is 1.33 bits per heavy atom. The van der Waals surface area contributed by atoms with E-state index in [1.165, 1.54) is 0 Å². The van der Waals surface area contributed by atoms with Gasteiger partial charge in [0.25, 0.3) is 0 Å². The van der Waals surface area contributed by atoms with Crippen molar-refractivity contribution in [2.45, 2.75) is 0 Å². The number of imidazole rings is 1. The molecular formula is C13H10BrN7. The van der Waals surface area contributed by atoms with Crippen molar-refractivity contribution in [3.05, 3.63) is 34.6 Å². The van der Waals surface area contributed by atoms with E-state index in [4.69, 9.17) is 0 Å². The highest BCUT2D eigenvalue weighted by Crippen LogP contribution is 2.26. The number of aromatic amines is 1. The summed E-state index contributed by atoms with van der Waals surface area (Å²) in [5, 5.41) is 15.3. The van der Waals surface area contributed by atoms with Gasteiger partial charge in [0.05, 0.1) is 17.6 Å². The number of nitrogens with one attached hydrogen (secondary N) is 3. The molecule has 104 valence electrons. The molecule has 8 heteroatoms. The van der Waals surface area contributed by atoms with E-state index in [-0.39, 0.29) is 0 Å². The Kier molecular flexibility index (Phi) is 3.41. The van der Waals surface area contributed by atoms with Gasteiger partial charge in [-0.2, -0.15) is 15.2 Å². The highest BCUT2D eigenvalue weighted by molar-refractivity contribution is 9.10. The van der Waals surface area contributed by atoms with Crippen LogP contribution in [0.4, 0.5) is 17.5 Å². The molecule has 3 rings (SSSR count). The topological polar surface area (TPSA) is 102 Å². The zero-order valence-electron chi connectivity index (χ0n) is 11.0. The van der Waals surface area contributed by atoms with Gasteiger partial charge in [-0.3, -0.25) is 0 Å². The maximum Gasteiger partial charge on any atom is 0.226 e. The number of halogens is 1. The molecule has 3 aromatic rings. The van der Waals surface area contributed by atoms with E-state index in [0.717, 1.165) is 4.47 Å². The van der Waals surface area contributed by atoms with E-state index in [1.54, 1.807) is 19.4 Å². The second-order valence-corrected chi connectivity index (χ2v) is 5.09. The van der Waals surface area contributed by atoms with Crippen molar-refractivity contribution in [3.8, 4) is 6.07 Å². The number of benzene rings is 1. The van der Waals surface area contributed by atoms with Gasteiger partial charge in [-0.05, 0) is 18.2 Å². The summed E-state index contributed by atoms with van der Waals surface area (Å²) >= 11 is 3.35. The van der Waals surface area contributed by atoms with Crippen LogP contribution in [-0.4, -0.2) is 27.0 Å². The van der Waals surface area contributed by atoms with E-state index >= 15 is 0 Å². The van der Waals surface area contributed by atoms with Gasteiger partial charge >= 0.3 is 0 Å². The fraction of sp³-hybridized carbons (Fsp3) is 0.0769. The average molecular weight is 344 g/mol. The molecule has 0 radical (unpaired) electrons. The van der Waals surface area contributed by atoms with Crippen LogP contribution >= 0.6 is 15.9 Å². The lowest BCUT2D eigenvalue weighted by Crippen LogP contribution is -2.02. The summed E-state index contributed by atoms with van der Waals surface area (Å²) in [4.78, 5) is 15.7. The van der Waals surface area contributed by atoms with Gasteiger partial charge in [-0.1, -0.05) is 15.9 Å². The monoisotopic (exact) mass is 343 g/mol. The summed E-state index contributed by atoms with van der Waals surface area (Å²) in [7, 11) is 1.73. The molecule has 0 aliphatic heterocycles.